The molecule has 4 nitrogen and oxygen atoms in total. The van der Waals surface area contributed by atoms with Crippen molar-refractivity contribution in [2.75, 3.05) is 13.2 Å². The van der Waals surface area contributed by atoms with Gasteiger partial charge in [-0.1, -0.05) is 73.1 Å². The number of fused-ring (bicyclic) bond motifs is 2. The Labute approximate surface area is 188 Å². The maximum Gasteiger partial charge on any atom is 0.312 e. The summed E-state index contributed by atoms with van der Waals surface area (Å²) >= 11 is 38.8. The lowest BCUT2D eigenvalue weighted by Crippen LogP contribution is -2.46. The third kappa shape index (κ3) is 3.37. The van der Waals surface area contributed by atoms with Crippen LogP contribution in [0.1, 0.15) is 39.5 Å². The second-order valence-electron chi connectivity index (χ2n) is 6.62. The van der Waals surface area contributed by atoms with Crippen LogP contribution >= 0.6 is 69.6 Å². The van der Waals surface area contributed by atoms with Gasteiger partial charge in [0.25, 0.3) is 0 Å². The molecule has 0 radical (unpaired) electrons. The highest BCUT2D eigenvalue weighted by atomic mass is 35.5. The number of ether oxygens (including phenoxy) is 2. The molecule has 0 aromatic rings. The number of alkyl halides is 4. The molecule has 1 saturated carbocycles. The predicted octanol–water partition coefficient (Wildman–Crippen LogP) is 5.75. The van der Waals surface area contributed by atoms with Crippen molar-refractivity contribution in [1.29, 1.82) is 0 Å². The van der Waals surface area contributed by atoms with E-state index in [1.165, 1.54) is 0 Å². The summed E-state index contributed by atoms with van der Waals surface area (Å²) < 4.78 is 8.53. The Balaban J connectivity index is 2.47. The van der Waals surface area contributed by atoms with E-state index in [0.29, 0.717) is 12.8 Å². The first-order valence-electron chi connectivity index (χ1n) is 8.68. The fourth-order valence-corrected chi connectivity index (χ4v) is 6.31. The van der Waals surface area contributed by atoms with E-state index in [1.54, 1.807) is 0 Å². The van der Waals surface area contributed by atoms with Crippen LogP contribution in [0.4, 0.5) is 0 Å². The smallest absolute Gasteiger partial charge is 0.312 e. The monoisotopic (exact) mass is 498 g/mol. The molecule has 2 rings (SSSR count). The maximum absolute atomic E-state index is 12.8. The Hall–Kier alpha value is 0.420. The van der Waals surface area contributed by atoms with E-state index in [0.717, 1.165) is 12.8 Å². The molecule has 154 valence electrons. The molecule has 0 spiro atoms. The van der Waals surface area contributed by atoms with E-state index in [2.05, 4.69) is 0 Å². The predicted molar refractivity (Wildman–Crippen MR) is 109 cm³/mol. The Morgan fingerprint density at radius 3 is 1.44 bits per heavy atom. The zero-order valence-electron chi connectivity index (χ0n) is 14.8. The normalized spacial score (nSPS) is 34.1. The summed E-state index contributed by atoms with van der Waals surface area (Å²) in [5, 5.41) is -0.332. The minimum Gasteiger partial charge on any atom is -0.465 e. The van der Waals surface area contributed by atoms with Gasteiger partial charge < -0.3 is 9.47 Å². The summed E-state index contributed by atoms with van der Waals surface area (Å²) in [4.78, 5) is 21.8. The standard InChI is InChI=1S/C17H20Cl6O4/c1-3-5-7-26-13(24)9-10(14(25)27-8-6-4-2)16(21)12(19)11(18)15(9,20)17(16,22)23/h9-10H,3-8H2,1-2H3/t9-,10+,15-,16-/m0/s1. The molecule has 0 N–H and O–H groups in total. The zero-order chi connectivity index (χ0) is 20.6. The molecule has 0 unspecified atom stereocenters. The average molecular weight is 501 g/mol. The minimum atomic E-state index is -2.03. The molecular weight excluding hydrogens is 481 g/mol. The number of carbonyl (C=O) groups excluding carboxylic acids is 2. The molecule has 2 aliphatic rings. The number of unbranched alkanes of at least 4 members (excludes halogenated alkanes) is 2. The van der Waals surface area contributed by atoms with Gasteiger partial charge >= 0.3 is 11.9 Å². The molecule has 0 aromatic carbocycles. The number of halogens is 6. The second-order valence-corrected chi connectivity index (χ2v) is 9.90. The van der Waals surface area contributed by atoms with Gasteiger partial charge in [0.1, 0.15) is 9.75 Å². The van der Waals surface area contributed by atoms with Crippen LogP contribution in [0.3, 0.4) is 0 Å². The Morgan fingerprint density at radius 2 is 1.15 bits per heavy atom. The molecule has 0 amide bonds. The van der Waals surface area contributed by atoms with Gasteiger partial charge in [0, 0.05) is 0 Å². The van der Waals surface area contributed by atoms with Gasteiger partial charge in [0.15, 0.2) is 4.33 Å². The van der Waals surface area contributed by atoms with Crippen molar-refractivity contribution in [2.45, 2.75) is 53.6 Å². The van der Waals surface area contributed by atoms with E-state index in [-0.39, 0.29) is 23.3 Å². The van der Waals surface area contributed by atoms with Crippen molar-refractivity contribution in [2.24, 2.45) is 11.8 Å². The van der Waals surface area contributed by atoms with Crippen molar-refractivity contribution in [3.63, 3.8) is 0 Å². The van der Waals surface area contributed by atoms with Crippen LogP contribution in [0.15, 0.2) is 10.1 Å². The molecular formula is C17H20Cl6O4. The molecule has 27 heavy (non-hydrogen) atoms. The Bertz CT molecular complexity index is 599. The summed E-state index contributed by atoms with van der Waals surface area (Å²) in [6.45, 7) is 4.19. The molecule has 10 heteroatoms. The molecule has 4 atom stereocenters. The number of allylic oxidation sites excluding steroid dienone is 2. The number of hydrogen-bond donors (Lipinski definition) is 0. The molecule has 1 fully saturated rings. The van der Waals surface area contributed by atoms with Crippen LogP contribution in [0, 0.1) is 11.8 Å². The lowest BCUT2D eigenvalue weighted by Gasteiger charge is -2.33. The molecule has 2 bridgehead atoms. The van der Waals surface area contributed by atoms with Gasteiger partial charge in [0.2, 0.25) is 0 Å². The molecule has 0 heterocycles. The van der Waals surface area contributed by atoms with Crippen molar-refractivity contribution in [3.05, 3.63) is 10.1 Å². The summed E-state index contributed by atoms with van der Waals surface area (Å²) in [7, 11) is 0. The van der Waals surface area contributed by atoms with Crippen LogP contribution in [-0.2, 0) is 19.1 Å². The Morgan fingerprint density at radius 1 is 0.815 bits per heavy atom. The van der Waals surface area contributed by atoms with Crippen LogP contribution in [0.25, 0.3) is 0 Å². The van der Waals surface area contributed by atoms with E-state index in [4.69, 9.17) is 79.1 Å². The maximum atomic E-state index is 12.8. The first kappa shape index (κ1) is 23.7. The molecule has 0 aromatic heterocycles. The number of hydrogen-bond acceptors (Lipinski definition) is 4. The first-order chi connectivity index (χ1) is 12.5. The third-order valence-corrected chi connectivity index (χ3v) is 9.19. The summed E-state index contributed by atoms with van der Waals surface area (Å²) in [5.74, 6) is -4.22. The highest BCUT2D eigenvalue weighted by Gasteiger charge is 2.85. The first-order valence-corrected chi connectivity index (χ1v) is 10.9. The summed E-state index contributed by atoms with van der Waals surface area (Å²) in [6, 6.07) is 0. The molecule has 2 aliphatic carbocycles. The van der Waals surface area contributed by atoms with Crippen LogP contribution < -0.4 is 0 Å². The number of esters is 2. The van der Waals surface area contributed by atoms with Gasteiger partial charge in [-0.2, -0.15) is 0 Å². The average Bonchev–Trinajstić information content (AvgIpc) is 2.82. The number of rotatable bonds is 8. The van der Waals surface area contributed by atoms with Gasteiger partial charge in [-0.05, 0) is 12.8 Å². The van der Waals surface area contributed by atoms with Crippen LogP contribution in [0.2, 0.25) is 0 Å². The molecule has 0 aliphatic heterocycles. The van der Waals surface area contributed by atoms with Gasteiger partial charge in [-0.15, -0.1) is 23.2 Å². The van der Waals surface area contributed by atoms with E-state index in [9.17, 15) is 9.59 Å². The largest absolute Gasteiger partial charge is 0.465 e. The van der Waals surface area contributed by atoms with E-state index >= 15 is 0 Å². The van der Waals surface area contributed by atoms with Crippen LogP contribution in [0.5, 0.6) is 0 Å². The van der Waals surface area contributed by atoms with Crippen molar-refractivity contribution in [3.8, 4) is 0 Å². The lowest BCUT2D eigenvalue weighted by atomic mass is 9.82. The summed E-state index contributed by atoms with van der Waals surface area (Å²) in [6.07, 6.45) is 2.91. The zero-order valence-corrected chi connectivity index (χ0v) is 19.3. The SMILES string of the molecule is CCCCOC(=O)[C@@H]1[C@H](C(=O)OCCCC)[C@]2(Cl)C(Cl)=C(Cl)[C@]1(Cl)C2(Cl)Cl. The fourth-order valence-electron chi connectivity index (χ4n) is 3.39. The lowest BCUT2D eigenvalue weighted by molar-refractivity contribution is -0.160. The minimum absolute atomic E-state index is 0.151. The van der Waals surface area contributed by atoms with Gasteiger partial charge in [-0.25, -0.2) is 0 Å². The van der Waals surface area contributed by atoms with Gasteiger partial charge in [0.05, 0.1) is 35.1 Å². The quantitative estimate of drug-likeness (QED) is 0.242. The molecule has 0 saturated heterocycles. The summed E-state index contributed by atoms with van der Waals surface area (Å²) in [5.41, 5.74) is 0. The highest BCUT2D eigenvalue weighted by Crippen LogP contribution is 2.76. The van der Waals surface area contributed by atoms with E-state index in [1.807, 2.05) is 13.8 Å². The third-order valence-electron chi connectivity index (χ3n) is 4.93. The van der Waals surface area contributed by atoms with Crippen molar-refractivity contribution >= 4 is 81.5 Å². The second kappa shape index (κ2) is 8.65. The van der Waals surface area contributed by atoms with Crippen molar-refractivity contribution in [1.82, 2.24) is 0 Å². The topological polar surface area (TPSA) is 52.6 Å². The Kier molecular flexibility index (Phi) is 7.59. The van der Waals surface area contributed by atoms with Gasteiger partial charge in [-0.3, -0.25) is 9.59 Å². The van der Waals surface area contributed by atoms with Crippen molar-refractivity contribution < 1.29 is 19.1 Å². The fraction of sp³-hybridized carbons (Fsp3) is 0.765. The van der Waals surface area contributed by atoms with Crippen LogP contribution in [-0.4, -0.2) is 39.2 Å². The van der Waals surface area contributed by atoms with E-state index < -0.39 is 37.9 Å². The number of carbonyl (C=O) groups is 2. The highest BCUT2D eigenvalue weighted by molar-refractivity contribution is 6.66.